The van der Waals surface area contributed by atoms with Crippen molar-refractivity contribution in [3.05, 3.63) is 94.5 Å². The number of hydrogen-bond donors (Lipinski definition) is 0. The van der Waals surface area contributed by atoms with Crippen LogP contribution in [0.25, 0.3) is 0 Å². The van der Waals surface area contributed by atoms with Gasteiger partial charge in [-0.3, -0.25) is 9.69 Å². The molecule has 3 aromatic rings. The SMILES string of the molecule is N#Cc1ccc(N2CCC(Oc3ccc(C(=O)CC4CCN(Cc5ccccc5)CC4)c(Cl)c3)CC2)cc1. The molecule has 0 bridgehead atoms. The summed E-state index contributed by atoms with van der Waals surface area (Å²) in [5.41, 5.74) is 3.75. The van der Waals surface area contributed by atoms with Crippen molar-refractivity contribution < 1.29 is 9.53 Å². The molecule has 2 saturated heterocycles. The van der Waals surface area contributed by atoms with Crippen LogP contribution < -0.4 is 9.64 Å². The van der Waals surface area contributed by atoms with Crippen molar-refractivity contribution in [1.82, 2.24) is 4.90 Å². The zero-order valence-corrected chi connectivity index (χ0v) is 22.4. The van der Waals surface area contributed by atoms with Crippen molar-refractivity contribution in [3.8, 4) is 11.8 Å². The Kier molecular flexibility index (Phi) is 8.63. The van der Waals surface area contributed by atoms with Crippen molar-refractivity contribution in [2.24, 2.45) is 5.92 Å². The highest BCUT2D eigenvalue weighted by Crippen LogP contribution is 2.30. The average Bonchev–Trinajstić information content (AvgIpc) is 2.95. The van der Waals surface area contributed by atoms with Gasteiger partial charge in [0, 0.05) is 50.1 Å². The molecule has 3 aromatic carbocycles. The molecule has 0 radical (unpaired) electrons. The summed E-state index contributed by atoms with van der Waals surface area (Å²) in [6.07, 6.45) is 4.55. The number of carbonyl (C=O) groups is 1. The summed E-state index contributed by atoms with van der Waals surface area (Å²) in [6.45, 7) is 4.81. The Morgan fingerprint density at radius 1 is 0.921 bits per heavy atom. The van der Waals surface area contributed by atoms with Gasteiger partial charge in [0.2, 0.25) is 0 Å². The molecule has 0 unspecified atom stereocenters. The van der Waals surface area contributed by atoms with E-state index >= 15 is 0 Å². The summed E-state index contributed by atoms with van der Waals surface area (Å²) in [5, 5.41) is 9.47. The van der Waals surface area contributed by atoms with Gasteiger partial charge in [-0.15, -0.1) is 0 Å². The summed E-state index contributed by atoms with van der Waals surface area (Å²) < 4.78 is 6.23. The Labute approximate surface area is 230 Å². The average molecular weight is 528 g/mol. The van der Waals surface area contributed by atoms with E-state index in [0.29, 0.717) is 28.5 Å². The van der Waals surface area contributed by atoms with Crippen LogP contribution in [0.1, 0.15) is 53.6 Å². The lowest BCUT2D eigenvalue weighted by atomic mass is 9.89. The summed E-state index contributed by atoms with van der Waals surface area (Å²) in [6, 6.07) is 26.0. The standard InChI is InChI=1S/C32H34ClN3O2/c33-31-21-29(38-28-14-18-36(19-15-28)27-8-6-25(22-34)7-9-27)10-11-30(31)32(37)20-24-12-16-35(17-13-24)23-26-4-2-1-3-5-26/h1-11,21,24,28H,12-20,23H2. The van der Waals surface area contributed by atoms with Crippen LogP contribution in [0.4, 0.5) is 5.69 Å². The first kappa shape index (κ1) is 26.3. The third-order valence-corrected chi connectivity index (χ3v) is 8.09. The Hall–Kier alpha value is -3.33. The van der Waals surface area contributed by atoms with Crippen LogP contribution in [-0.2, 0) is 6.54 Å². The quantitative estimate of drug-likeness (QED) is 0.303. The third kappa shape index (κ3) is 6.75. The molecule has 0 atom stereocenters. The lowest BCUT2D eigenvalue weighted by Crippen LogP contribution is -2.38. The molecule has 196 valence electrons. The topological polar surface area (TPSA) is 56.6 Å². The van der Waals surface area contributed by atoms with Gasteiger partial charge in [0.1, 0.15) is 11.9 Å². The Morgan fingerprint density at radius 3 is 2.29 bits per heavy atom. The summed E-state index contributed by atoms with van der Waals surface area (Å²) in [7, 11) is 0. The molecular formula is C32H34ClN3O2. The van der Waals surface area contributed by atoms with Crippen LogP contribution >= 0.6 is 11.6 Å². The smallest absolute Gasteiger partial charge is 0.164 e. The van der Waals surface area contributed by atoms with E-state index in [-0.39, 0.29) is 11.9 Å². The second-order valence-electron chi connectivity index (χ2n) is 10.4. The van der Waals surface area contributed by atoms with E-state index < -0.39 is 0 Å². The van der Waals surface area contributed by atoms with Crippen molar-refractivity contribution >= 4 is 23.1 Å². The van der Waals surface area contributed by atoms with Gasteiger partial charge in [0.25, 0.3) is 0 Å². The van der Waals surface area contributed by atoms with E-state index in [1.54, 1.807) is 6.07 Å². The van der Waals surface area contributed by atoms with E-state index in [4.69, 9.17) is 21.6 Å². The molecule has 0 saturated carbocycles. The lowest BCUT2D eigenvalue weighted by molar-refractivity contribution is 0.0925. The number of likely N-dealkylation sites (tertiary alicyclic amines) is 1. The molecule has 0 N–H and O–H groups in total. The molecule has 2 aliphatic rings. The van der Waals surface area contributed by atoms with Gasteiger partial charge in [-0.2, -0.15) is 5.26 Å². The number of Topliss-reactive ketones (excluding diaryl/α,β-unsaturated/α-hetero) is 1. The van der Waals surface area contributed by atoms with Gasteiger partial charge in [-0.05, 0) is 79.9 Å². The first-order valence-corrected chi connectivity index (χ1v) is 14.0. The van der Waals surface area contributed by atoms with E-state index in [9.17, 15) is 4.79 Å². The Balaban J connectivity index is 1.08. The number of hydrogen-bond acceptors (Lipinski definition) is 5. The van der Waals surface area contributed by atoms with Crippen molar-refractivity contribution in [1.29, 1.82) is 5.26 Å². The van der Waals surface area contributed by atoms with Crippen LogP contribution in [0.5, 0.6) is 5.75 Å². The van der Waals surface area contributed by atoms with Gasteiger partial charge < -0.3 is 9.64 Å². The molecule has 5 rings (SSSR count). The zero-order valence-electron chi connectivity index (χ0n) is 21.7. The van der Waals surface area contributed by atoms with Crippen LogP contribution in [0.2, 0.25) is 5.02 Å². The largest absolute Gasteiger partial charge is 0.490 e. The van der Waals surface area contributed by atoms with Crippen molar-refractivity contribution in [2.75, 3.05) is 31.1 Å². The highest BCUT2D eigenvalue weighted by molar-refractivity contribution is 6.34. The number of ether oxygens (including phenoxy) is 1. The van der Waals surface area contributed by atoms with E-state index in [1.165, 1.54) is 5.56 Å². The van der Waals surface area contributed by atoms with Gasteiger partial charge in [0.05, 0.1) is 16.7 Å². The number of carbonyl (C=O) groups excluding carboxylic acids is 1. The number of anilines is 1. The molecule has 0 spiro atoms. The molecule has 2 heterocycles. The summed E-state index contributed by atoms with van der Waals surface area (Å²) in [5.74, 6) is 1.25. The van der Waals surface area contributed by atoms with Gasteiger partial charge in [0.15, 0.2) is 5.78 Å². The first-order chi connectivity index (χ1) is 18.6. The molecule has 2 aliphatic heterocycles. The Morgan fingerprint density at radius 2 is 1.63 bits per heavy atom. The molecule has 2 fully saturated rings. The maximum atomic E-state index is 13.1. The summed E-state index contributed by atoms with van der Waals surface area (Å²) in [4.78, 5) is 17.9. The molecular weight excluding hydrogens is 494 g/mol. The minimum Gasteiger partial charge on any atom is -0.490 e. The van der Waals surface area contributed by atoms with Crippen LogP contribution in [0.3, 0.4) is 0 Å². The number of nitrogens with zero attached hydrogens (tertiary/aromatic N) is 3. The van der Waals surface area contributed by atoms with Crippen LogP contribution in [-0.4, -0.2) is 43.0 Å². The number of rotatable bonds is 8. The number of halogens is 1. The molecule has 0 aliphatic carbocycles. The Bertz CT molecular complexity index is 1260. The molecule has 6 heteroatoms. The maximum absolute atomic E-state index is 13.1. The van der Waals surface area contributed by atoms with E-state index in [0.717, 1.165) is 69.8 Å². The summed E-state index contributed by atoms with van der Waals surface area (Å²) >= 11 is 6.56. The van der Waals surface area contributed by atoms with E-state index in [2.05, 4.69) is 46.2 Å². The highest BCUT2D eigenvalue weighted by Gasteiger charge is 2.24. The number of nitriles is 1. The number of piperidine rings is 2. The minimum atomic E-state index is 0.114. The fourth-order valence-corrected chi connectivity index (χ4v) is 5.80. The van der Waals surface area contributed by atoms with Crippen LogP contribution in [0, 0.1) is 17.2 Å². The lowest BCUT2D eigenvalue weighted by Gasteiger charge is -2.33. The molecule has 0 amide bonds. The number of benzene rings is 3. The van der Waals surface area contributed by atoms with Crippen molar-refractivity contribution in [2.45, 2.75) is 44.8 Å². The monoisotopic (exact) mass is 527 g/mol. The van der Waals surface area contributed by atoms with E-state index in [1.807, 2.05) is 36.4 Å². The molecule has 5 nitrogen and oxygen atoms in total. The maximum Gasteiger partial charge on any atom is 0.164 e. The highest BCUT2D eigenvalue weighted by atomic mass is 35.5. The fourth-order valence-electron chi connectivity index (χ4n) is 5.53. The second kappa shape index (κ2) is 12.5. The second-order valence-corrected chi connectivity index (χ2v) is 10.8. The molecule has 0 aromatic heterocycles. The van der Waals surface area contributed by atoms with Gasteiger partial charge in [-0.25, -0.2) is 0 Å². The zero-order chi connectivity index (χ0) is 26.3. The normalized spacial score (nSPS) is 17.2. The minimum absolute atomic E-state index is 0.114. The number of ketones is 1. The van der Waals surface area contributed by atoms with Gasteiger partial charge >= 0.3 is 0 Å². The fraction of sp³-hybridized carbons (Fsp3) is 0.375. The molecule has 38 heavy (non-hydrogen) atoms. The predicted octanol–water partition coefficient (Wildman–Crippen LogP) is 6.74. The van der Waals surface area contributed by atoms with Crippen molar-refractivity contribution in [3.63, 3.8) is 0 Å². The predicted molar refractivity (Wildman–Crippen MR) is 152 cm³/mol. The first-order valence-electron chi connectivity index (χ1n) is 13.6. The van der Waals surface area contributed by atoms with Gasteiger partial charge in [-0.1, -0.05) is 41.9 Å². The third-order valence-electron chi connectivity index (χ3n) is 7.78. The van der Waals surface area contributed by atoms with Crippen LogP contribution in [0.15, 0.2) is 72.8 Å².